The van der Waals surface area contributed by atoms with Crippen molar-refractivity contribution in [2.45, 2.75) is 89.9 Å². The summed E-state index contributed by atoms with van der Waals surface area (Å²) in [6.45, 7) is 0.929. The number of aliphatic hydroxyl groups is 4. The number of aliphatic hydroxyl groups excluding tert-OH is 4. The summed E-state index contributed by atoms with van der Waals surface area (Å²) in [5.74, 6) is 1.04. The molecule has 2 aliphatic rings. The summed E-state index contributed by atoms with van der Waals surface area (Å²) >= 11 is 0. The zero-order chi connectivity index (χ0) is 18.9. The molecule has 4 heteroatoms. The van der Waals surface area contributed by atoms with Crippen LogP contribution in [0.25, 0.3) is 0 Å². The summed E-state index contributed by atoms with van der Waals surface area (Å²) < 4.78 is 0. The lowest BCUT2D eigenvalue weighted by Crippen LogP contribution is -2.54. The van der Waals surface area contributed by atoms with E-state index in [-0.39, 0.29) is 37.3 Å². The van der Waals surface area contributed by atoms with Gasteiger partial charge in [-0.15, -0.1) is 0 Å². The average molecular weight is 371 g/mol. The van der Waals surface area contributed by atoms with Crippen LogP contribution in [0.4, 0.5) is 0 Å². The molecule has 0 aliphatic heterocycles. The van der Waals surface area contributed by atoms with Crippen molar-refractivity contribution in [2.24, 2.45) is 22.7 Å². The Morgan fingerprint density at radius 3 is 1.69 bits per heavy atom. The van der Waals surface area contributed by atoms with E-state index in [2.05, 4.69) is 0 Å². The van der Waals surface area contributed by atoms with Crippen molar-refractivity contribution < 1.29 is 20.4 Å². The van der Waals surface area contributed by atoms with Crippen molar-refractivity contribution in [3.05, 3.63) is 0 Å². The summed E-state index contributed by atoms with van der Waals surface area (Å²) in [5.41, 5.74) is 0.227. The van der Waals surface area contributed by atoms with Crippen LogP contribution in [0, 0.1) is 22.7 Å². The second kappa shape index (κ2) is 11.0. The van der Waals surface area contributed by atoms with E-state index in [0.717, 1.165) is 51.4 Å². The Labute approximate surface area is 160 Å². The minimum atomic E-state index is 0.0818. The molecule has 2 rings (SSSR count). The maximum absolute atomic E-state index is 10.1. The molecule has 4 atom stereocenters. The molecule has 2 saturated carbocycles. The first-order valence-electron chi connectivity index (χ1n) is 11.1. The van der Waals surface area contributed by atoms with Gasteiger partial charge in [0.05, 0.1) is 0 Å². The zero-order valence-corrected chi connectivity index (χ0v) is 16.7. The molecule has 2 fully saturated rings. The Hall–Kier alpha value is -0.160. The summed E-state index contributed by atoms with van der Waals surface area (Å²) in [5, 5.41) is 38.9. The Morgan fingerprint density at radius 2 is 1.15 bits per heavy atom. The van der Waals surface area contributed by atoms with Crippen LogP contribution in [0.1, 0.15) is 89.9 Å². The molecule has 0 bridgehead atoms. The molecule has 4 N–H and O–H groups in total. The second-order valence-electron chi connectivity index (χ2n) is 8.88. The van der Waals surface area contributed by atoms with Gasteiger partial charge in [-0.3, -0.25) is 0 Å². The third-order valence-electron chi connectivity index (χ3n) is 7.93. The van der Waals surface area contributed by atoms with Gasteiger partial charge in [0, 0.05) is 26.4 Å². The molecule has 0 amide bonds. The van der Waals surface area contributed by atoms with E-state index in [1.165, 1.54) is 38.5 Å². The predicted molar refractivity (Wildman–Crippen MR) is 105 cm³/mol. The minimum Gasteiger partial charge on any atom is -0.396 e. The zero-order valence-electron chi connectivity index (χ0n) is 16.7. The molecular weight excluding hydrogens is 328 g/mol. The number of hydrogen-bond donors (Lipinski definition) is 4. The van der Waals surface area contributed by atoms with Crippen LogP contribution in [0.3, 0.4) is 0 Å². The molecule has 26 heavy (non-hydrogen) atoms. The third-order valence-corrected chi connectivity index (χ3v) is 7.93. The van der Waals surface area contributed by atoms with Gasteiger partial charge in [-0.05, 0) is 86.9 Å². The van der Waals surface area contributed by atoms with Crippen LogP contribution in [-0.4, -0.2) is 46.9 Å². The van der Waals surface area contributed by atoms with E-state index < -0.39 is 0 Å². The molecule has 0 aromatic carbocycles. The van der Waals surface area contributed by atoms with Crippen molar-refractivity contribution in [1.82, 2.24) is 0 Å². The van der Waals surface area contributed by atoms with Crippen molar-refractivity contribution in [2.75, 3.05) is 26.4 Å². The van der Waals surface area contributed by atoms with Crippen molar-refractivity contribution in [3.63, 3.8) is 0 Å². The monoisotopic (exact) mass is 370 g/mol. The largest absolute Gasteiger partial charge is 0.396 e. The fourth-order valence-electron chi connectivity index (χ4n) is 7.02. The Balaban J connectivity index is 2.46. The van der Waals surface area contributed by atoms with Gasteiger partial charge >= 0.3 is 0 Å². The van der Waals surface area contributed by atoms with E-state index in [9.17, 15) is 20.4 Å². The first kappa shape index (κ1) is 22.1. The molecule has 0 aromatic heterocycles. The molecule has 4 unspecified atom stereocenters. The minimum absolute atomic E-state index is 0.0818. The van der Waals surface area contributed by atoms with Gasteiger partial charge in [0.25, 0.3) is 0 Å². The van der Waals surface area contributed by atoms with Crippen molar-refractivity contribution in [1.29, 1.82) is 0 Å². The fraction of sp³-hybridized carbons (Fsp3) is 1.00. The fourth-order valence-corrected chi connectivity index (χ4v) is 7.02. The van der Waals surface area contributed by atoms with Crippen LogP contribution in [0.15, 0.2) is 0 Å². The normalized spacial score (nSPS) is 35.5. The molecule has 0 saturated heterocycles. The topological polar surface area (TPSA) is 80.9 Å². The molecule has 4 nitrogen and oxygen atoms in total. The first-order valence-corrected chi connectivity index (χ1v) is 11.1. The molecule has 0 heterocycles. The second-order valence-corrected chi connectivity index (χ2v) is 8.88. The molecule has 0 radical (unpaired) electrons. The summed E-state index contributed by atoms with van der Waals surface area (Å²) in [6, 6.07) is 0. The van der Waals surface area contributed by atoms with E-state index in [1.54, 1.807) is 0 Å². The average Bonchev–Trinajstić information content (AvgIpc) is 2.67. The highest BCUT2D eigenvalue weighted by Crippen LogP contribution is 2.66. The van der Waals surface area contributed by atoms with E-state index in [4.69, 9.17) is 0 Å². The van der Waals surface area contributed by atoms with E-state index in [0.29, 0.717) is 11.8 Å². The van der Waals surface area contributed by atoms with E-state index >= 15 is 0 Å². The Morgan fingerprint density at radius 1 is 0.577 bits per heavy atom. The number of hydrogen-bond acceptors (Lipinski definition) is 4. The maximum atomic E-state index is 10.1. The van der Waals surface area contributed by atoms with Gasteiger partial charge < -0.3 is 20.4 Å². The predicted octanol–water partition coefficient (Wildman–Crippen LogP) is 3.65. The van der Waals surface area contributed by atoms with E-state index in [1.807, 2.05) is 0 Å². The quantitative estimate of drug-likeness (QED) is 0.447. The molecule has 154 valence electrons. The van der Waals surface area contributed by atoms with Crippen LogP contribution < -0.4 is 0 Å². The summed E-state index contributed by atoms with van der Waals surface area (Å²) in [7, 11) is 0. The Bertz CT molecular complexity index is 382. The van der Waals surface area contributed by atoms with Crippen LogP contribution in [0.5, 0.6) is 0 Å². The molecule has 0 aromatic rings. The highest BCUT2D eigenvalue weighted by Gasteiger charge is 2.57. The smallest absolute Gasteiger partial charge is 0.0436 e. The van der Waals surface area contributed by atoms with Crippen LogP contribution >= 0.6 is 0 Å². The maximum Gasteiger partial charge on any atom is 0.0436 e. The Kier molecular flexibility index (Phi) is 9.36. The van der Waals surface area contributed by atoms with Crippen LogP contribution in [0.2, 0.25) is 0 Å². The number of rotatable bonds is 11. The van der Waals surface area contributed by atoms with Gasteiger partial charge in [0.2, 0.25) is 0 Å². The van der Waals surface area contributed by atoms with Gasteiger partial charge in [0.15, 0.2) is 0 Å². The highest BCUT2D eigenvalue weighted by molar-refractivity contribution is 5.07. The van der Waals surface area contributed by atoms with Crippen molar-refractivity contribution in [3.8, 4) is 0 Å². The van der Waals surface area contributed by atoms with Gasteiger partial charge in [-0.25, -0.2) is 0 Å². The van der Waals surface area contributed by atoms with Gasteiger partial charge in [-0.2, -0.15) is 0 Å². The lowest BCUT2D eigenvalue weighted by molar-refractivity contribution is -0.139. The lowest BCUT2D eigenvalue weighted by Gasteiger charge is -2.62. The van der Waals surface area contributed by atoms with Gasteiger partial charge in [-0.1, -0.05) is 25.7 Å². The van der Waals surface area contributed by atoms with Crippen LogP contribution in [-0.2, 0) is 0 Å². The van der Waals surface area contributed by atoms with Crippen molar-refractivity contribution >= 4 is 0 Å². The molecule has 0 spiro atoms. The summed E-state index contributed by atoms with van der Waals surface area (Å²) in [6.07, 6.45) is 15.1. The first-order chi connectivity index (χ1) is 12.7. The SMILES string of the molecule is OCCCC1CCCCC1(CCCO)C1(CCO)CCCCC1CCO. The standard InChI is InChI=1S/C22H42O4/c23-15-5-9-19-7-1-3-11-21(19,13-6-16-24)22(14-18-26)12-4-2-8-20(22)10-17-25/h19-20,23-26H,1-18H2. The highest BCUT2D eigenvalue weighted by atomic mass is 16.3. The third kappa shape index (κ3) is 4.45. The molecule has 2 aliphatic carbocycles. The molecular formula is C22H42O4. The van der Waals surface area contributed by atoms with Gasteiger partial charge in [0.1, 0.15) is 0 Å². The summed E-state index contributed by atoms with van der Waals surface area (Å²) in [4.78, 5) is 0. The lowest BCUT2D eigenvalue weighted by atomic mass is 9.42.